The molecule has 2 rings (SSSR count). The summed E-state index contributed by atoms with van der Waals surface area (Å²) in [5.74, 6) is 0.0976. The number of ether oxygens (including phenoxy) is 1. The lowest BCUT2D eigenvalue weighted by Crippen LogP contribution is -2.55. The molecule has 0 aliphatic carbocycles. The van der Waals surface area contributed by atoms with E-state index in [-0.39, 0.29) is 17.6 Å². The minimum Gasteiger partial charge on any atom is -0.368 e. The monoisotopic (exact) mass is 359 g/mol. The second kappa shape index (κ2) is 6.46. The van der Waals surface area contributed by atoms with Crippen LogP contribution in [0, 0.1) is 0 Å². The Balaban J connectivity index is 2.07. The molecule has 1 aromatic rings. The van der Waals surface area contributed by atoms with E-state index in [0.717, 1.165) is 10.9 Å². The summed E-state index contributed by atoms with van der Waals surface area (Å²) in [6, 6.07) is 7.48. The van der Waals surface area contributed by atoms with Crippen molar-refractivity contribution in [2.24, 2.45) is 0 Å². The van der Waals surface area contributed by atoms with Crippen LogP contribution in [0.15, 0.2) is 24.3 Å². The first-order valence-electron chi connectivity index (χ1n) is 6.66. The molecule has 1 aromatic carbocycles. The van der Waals surface area contributed by atoms with Crippen molar-refractivity contribution >= 4 is 33.4 Å². The Hall–Kier alpha value is -0.580. The fourth-order valence-electron chi connectivity index (χ4n) is 2.48. The zero-order chi connectivity index (χ0) is 14.8. The van der Waals surface area contributed by atoms with Crippen LogP contribution in [-0.2, 0) is 16.0 Å². The third-order valence-electron chi connectivity index (χ3n) is 3.31. The van der Waals surface area contributed by atoms with Crippen LogP contribution < -0.4 is 0 Å². The van der Waals surface area contributed by atoms with Crippen molar-refractivity contribution in [2.75, 3.05) is 18.4 Å². The maximum absolute atomic E-state index is 12.5. The molecule has 0 bridgehead atoms. The summed E-state index contributed by atoms with van der Waals surface area (Å²) < 4.78 is 5.91. The number of carbonyl (C=O) groups excluding carboxylic acids is 1. The van der Waals surface area contributed by atoms with Crippen molar-refractivity contribution in [3.63, 3.8) is 0 Å². The molecule has 1 aliphatic rings. The largest absolute Gasteiger partial charge is 0.368 e. The number of hydrogen-bond acceptors (Lipinski definition) is 2. The molecule has 0 aromatic heterocycles. The molecule has 1 saturated heterocycles. The third kappa shape index (κ3) is 3.96. The molecule has 0 radical (unpaired) electrons. The number of carbonyl (C=O) groups is 1. The topological polar surface area (TPSA) is 29.5 Å². The highest BCUT2D eigenvalue weighted by atomic mass is 79.9. The molecule has 1 aliphatic heterocycles. The lowest BCUT2D eigenvalue weighted by molar-refractivity contribution is -0.156. The van der Waals surface area contributed by atoms with Crippen LogP contribution in [0.5, 0.6) is 0 Å². The second-order valence-electron chi connectivity index (χ2n) is 5.70. The van der Waals surface area contributed by atoms with Gasteiger partial charge in [-0.3, -0.25) is 4.79 Å². The van der Waals surface area contributed by atoms with E-state index in [9.17, 15) is 4.79 Å². The summed E-state index contributed by atoms with van der Waals surface area (Å²) in [6.07, 6.45) is 0.374. The molecule has 1 heterocycles. The van der Waals surface area contributed by atoms with Crippen molar-refractivity contribution in [3.8, 4) is 0 Å². The zero-order valence-electron chi connectivity index (χ0n) is 11.7. The van der Waals surface area contributed by atoms with Gasteiger partial charge in [-0.25, -0.2) is 0 Å². The van der Waals surface area contributed by atoms with Crippen molar-refractivity contribution in [3.05, 3.63) is 34.9 Å². The van der Waals surface area contributed by atoms with E-state index in [1.54, 1.807) is 0 Å². The number of amides is 1. The third-order valence-corrected chi connectivity index (χ3v) is 4.40. The van der Waals surface area contributed by atoms with Gasteiger partial charge in [-0.15, -0.1) is 0 Å². The maximum Gasteiger partial charge on any atom is 0.227 e. The van der Waals surface area contributed by atoms with Crippen LogP contribution in [0.1, 0.15) is 19.4 Å². The zero-order valence-corrected chi connectivity index (χ0v) is 14.1. The van der Waals surface area contributed by atoms with Gasteiger partial charge in [0.05, 0.1) is 18.1 Å². The van der Waals surface area contributed by atoms with E-state index in [1.165, 1.54) is 0 Å². The summed E-state index contributed by atoms with van der Waals surface area (Å²) >= 11 is 9.55. The molecule has 0 saturated carbocycles. The smallest absolute Gasteiger partial charge is 0.227 e. The van der Waals surface area contributed by atoms with Gasteiger partial charge in [-0.05, 0) is 25.5 Å². The Morgan fingerprint density at radius 2 is 2.20 bits per heavy atom. The Bertz CT molecular complexity index is 493. The van der Waals surface area contributed by atoms with E-state index < -0.39 is 0 Å². The van der Waals surface area contributed by atoms with Crippen LogP contribution in [0.2, 0.25) is 5.02 Å². The van der Waals surface area contributed by atoms with Gasteiger partial charge in [-0.2, -0.15) is 0 Å². The van der Waals surface area contributed by atoms with Crippen molar-refractivity contribution in [2.45, 2.75) is 32.0 Å². The average Bonchev–Trinajstić information content (AvgIpc) is 2.39. The first-order valence-corrected chi connectivity index (χ1v) is 8.16. The number of halogens is 2. The quantitative estimate of drug-likeness (QED) is 0.774. The predicted octanol–water partition coefficient (Wildman–Crippen LogP) is 3.28. The van der Waals surface area contributed by atoms with Gasteiger partial charge >= 0.3 is 0 Å². The van der Waals surface area contributed by atoms with Crippen LogP contribution in [-0.4, -0.2) is 40.9 Å². The number of alkyl halides is 1. The molecule has 110 valence electrons. The molecule has 0 N–H and O–H groups in total. The van der Waals surface area contributed by atoms with Crippen LogP contribution >= 0.6 is 27.5 Å². The molecule has 0 spiro atoms. The highest BCUT2D eigenvalue weighted by Crippen LogP contribution is 2.23. The molecular weight excluding hydrogens is 342 g/mol. The Kier molecular flexibility index (Phi) is 5.10. The Morgan fingerprint density at radius 3 is 2.85 bits per heavy atom. The Morgan fingerprint density at radius 1 is 1.50 bits per heavy atom. The molecular formula is C15H19BrClNO2. The van der Waals surface area contributed by atoms with E-state index in [4.69, 9.17) is 16.3 Å². The van der Waals surface area contributed by atoms with E-state index >= 15 is 0 Å². The normalized spacial score (nSPS) is 21.8. The first kappa shape index (κ1) is 15.8. The van der Waals surface area contributed by atoms with E-state index in [2.05, 4.69) is 15.9 Å². The molecule has 1 atom stereocenters. The van der Waals surface area contributed by atoms with Gasteiger partial charge in [0.25, 0.3) is 0 Å². The van der Waals surface area contributed by atoms with Crippen LogP contribution in [0.4, 0.5) is 0 Å². The Labute approximate surface area is 133 Å². The highest BCUT2D eigenvalue weighted by Gasteiger charge is 2.35. The van der Waals surface area contributed by atoms with Gasteiger partial charge < -0.3 is 9.64 Å². The van der Waals surface area contributed by atoms with Crippen molar-refractivity contribution in [1.82, 2.24) is 4.90 Å². The van der Waals surface area contributed by atoms with E-state index in [0.29, 0.717) is 24.5 Å². The summed E-state index contributed by atoms with van der Waals surface area (Å²) in [6.45, 7) is 5.26. The SMILES string of the molecule is CC1(C)CN(C(=O)Cc2ccccc2Cl)CC(CBr)O1. The van der Waals surface area contributed by atoms with Gasteiger partial charge in [0, 0.05) is 23.4 Å². The molecule has 5 heteroatoms. The fraction of sp³-hybridized carbons (Fsp3) is 0.533. The van der Waals surface area contributed by atoms with Crippen LogP contribution in [0.3, 0.4) is 0 Å². The van der Waals surface area contributed by atoms with Gasteiger partial charge in [0.1, 0.15) is 0 Å². The number of hydrogen-bond donors (Lipinski definition) is 0. The minimum absolute atomic E-state index is 0.0361. The van der Waals surface area contributed by atoms with Crippen LogP contribution in [0.25, 0.3) is 0 Å². The van der Waals surface area contributed by atoms with Gasteiger partial charge in [-0.1, -0.05) is 45.7 Å². The second-order valence-corrected chi connectivity index (χ2v) is 6.75. The number of nitrogens with zero attached hydrogens (tertiary/aromatic N) is 1. The summed E-state index contributed by atoms with van der Waals surface area (Å²) in [5, 5.41) is 1.37. The molecule has 20 heavy (non-hydrogen) atoms. The van der Waals surface area contributed by atoms with Crippen molar-refractivity contribution in [1.29, 1.82) is 0 Å². The molecule has 3 nitrogen and oxygen atoms in total. The summed E-state index contributed by atoms with van der Waals surface area (Å²) in [5.41, 5.74) is 0.561. The number of rotatable bonds is 3. The van der Waals surface area contributed by atoms with E-state index in [1.807, 2.05) is 43.0 Å². The predicted molar refractivity (Wildman–Crippen MR) is 84.5 cm³/mol. The molecule has 1 unspecified atom stereocenters. The summed E-state index contributed by atoms with van der Waals surface area (Å²) in [7, 11) is 0. The van der Waals surface area contributed by atoms with Gasteiger partial charge in [0.2, 0.25) is 5.91 Å². The minimum atomic E-state index is -0.313. The number of benzene rings is 1. The standard InChI is InChI=1S/C15H19BrClNO2/c1-15(2)10-18(9-12(8-16)20-15)14(19)7-11-5-3-4-6-13(11)17/h3-6,12H,7-10H2,1-2H3. The van der Waals surface area contributed by atoms with Crippen molar-refractivity contribution < 1.29 is 9.53 Å². The maximum atomic E-state index is 12.5. The van der Waals surface area contributed by atoms with Gasteiger partial charge in [0.15, 0.2) is 0 Å². The number of morpholine rings is 1. The lowest BCUT2D eigenvalue weighted by atomic mass is 10.0. The lowest BCUT2D eigenvalue weighted by Gasteiger charge is -2.42. The fourth-order valence-corrected chi connectivity index (χ4v) is 3.02. The average molecular weight is 361 g/mol. The molecule has 1 amide bonds. The highest BCUT2D eigenvalue weighted by molar-refractivity contribution is 9.09. The first-order chi connectivity index (χ1) is 9.41. The molecule has 1 fully saturated rings. The summed E-state index contributed by atoms with van der Waals surface area (Å²) in [4.78, 5) is 14.3.